The Morgan fingerprint density at radius 1 is 1.47 bits per heavy atom. The smallest absolute Gasteiger partial charge is 0.0982 e. The summed E-state index contributed by atoms with van der Waals surface area (Å²) in [6.07, 6.45) is 2.55. The van der Waals surface area contributed by atoms with Crippen molar-refractivity contribution in [3.63, 3.8) is 0 Å². The minimum atomic E-state index is 0.143. The van der Waals surface area contributed by atoms with Gasteiger partial charge in [-0.15, -0.1) is 11.3 Å². The first-order valence-electron chi connectivity index (χ1n) is 6.30. The van der Waals surface area contributed by atoms with Gasteiger partial charge in [0.25, 0.3) is 0 Å². The highest BCUT2D eigenvalue weighted by atomic mass is 32.1. The predicted octanol–water partition coefficient (Wildman–Crippen LogP) is 2.40. The van der Waals surface area contributed by atoms with Crippen molar-refractivity contribution in [2.45, 2.75) is 51.6 Å². The van der Waals surface area contributed by atoms with Crippen molar-refractivity contribution in [3.05, 3.63) is 16.1 Å². The van der Waals surface area contributed by atoms with Crippen LogP contribution in [0.1, 0.15) is 44.3 Å². The minimum Gasteiger partial charge on any atom is -0.395 e. The van der Waals surface area contributed by atoms with Gasteiger partial charge in [0, 0.05) is 29.9 Å². The van der Waals surface area contributed by atoms with Crippen molar-refractivity contribution in [2.24, 2.45) is 0 Å². The molecule has 96 valence electrons. The Morgan fingerprint density at radius 3 is 2.65 bits per heavy atom. The predicted molar refractivity (Wildman–Crippen MR) is 71.3 cm³/mol. The maximum atomic E-state index is 9.07. The molecule has 2 rings (SSSR count). The number of aromatic nitrogens is 1. The maximum absolute atomic E-state index is 9.07. The SMILES string of the molecule is CC(C)(C)c1nc(CN(CCO)C2CC2)cs1. The lowest BCUT2D eigenvalue weighted by Gasteiger charge is -2.19. The van der Waals surface area contributed by atoms with E-state index in [1.807, 2.05) is 0 Å². The standard InChI is InChI=1S/C13H22N2OS/c1-13(2,3)12-14-10(9-17-12)8-15(6-7-16)11-4-5-11/h9,11,16H,4-8H2,1-3H3. The normalized spacial score (nSPS) is 16.8. The van der Waals surface area contributed by atoms with Crippen molar-refractivity contribution >= 4 is 11.3 Å². The number of aliphatic hydroxyl groups excluding tert-OH is 1. The Kier molecular flexibility index (Phi) is 3.85. The molecule has 1 saturated carbocycles. The van der Waals surface area contributed by atoms with Gasteiger partial charge in [0.15, 0.2) is 0 Å². The fourth-order valence-electron chi connectivity index (χ4n) is 1.89. The van der Waals surface area contributed by atoms with E-state index in [0.717, 1.165) is 18.8 Å². The molecule has 1 fully saturated rings. The molecule has 0 spiro atoms. The molecule has 0 saturated heterocycles. The van der Waals surface area contributed by atoms with Gasteiger partial charge in [-0.2, -0.15) is 0 Å². The highest BCUT2D eigenvalue weighted by molar-refractivity contribution is 7.09. The molecule has 0 aromatic carbocycles. The number of rotatable bonds is 5. The van der Waals surface area contributed by atoms with E-state index in [9.17, 15) is 0 Å². The topological polar surface area (TPSA) is 36.4 Å². The fourth-order valence-corrected chi connectivity index (χ4v) is 2.79. The van der Waals surface area contributed by atoms with E-state index in [0.29, 0.717) is 6.04 Å². The van der Waals surface area contributed by atoms with Gasteiger partial charge in [-0.1, -0.05) is 20.8 Å². The highest BCUT2D eigenvalue weighted by Gasteiger charge is 2.29. The first kappa shape index (κ1) is 13.0. The van der Waals surface area contributed by atoms with Crippen molar-refractivity contribution in [2.75, 3.05) is 13.2 Å². The Hall–Kier alpha value is -0.450. The van der Waals surface area contributed by atoms with Crippen LogP contribution in [-0.2, 0) is 12.0 Å². The van der Waals surface area contributed by atoms with Crippen LogP contribution in [0.4, 0.5) is 0 Å². The Balaban J connectivity index is 1.99. The van der Waals surface area contributed by atoms with Gasteiger partial charge in [0.05, 0.1) is 17.3 Å². The van der Waals surface area contributed by atoms with Crippen LogP contribution >= 0.6 is 11.3 Å². The van der Waals surface area contributed by atoms with E-state index >= 15 is 0 Å². The van der Waals surface area contributed by atoms with Gasteiger partial charge in [-0.25, -0.2) is 4.98 Å². The highest BCUT2D eigenvalue weighted by Crippen LogP contribution is 2.30. The summed E-state index contributed by atoms with van der Waals surface area (Å²) in [5.74, 6) is 0. The zero-order valence-corrected chi connectivity index (χ0v) is 11.8. The minimum absolute atomic E-state index is 0.143. The molecular weight excluding hydrogens is 232 g/mol. The monoisotopic (exact) mass is 254 g/mol. The molecule has 1 aliphatic rings. The Morgan fingerprint density at radius 2 is 2.18 bits per heavy atom. The Labute approximate surface area is 107 Å². The number of aliphatic hydroxyl groups is 1. The van der Waals surface area contributed by atoms with E-state index in [1.54, 1.807) is 11.3 Å². The molecule has 0 bridgehead atoms. The maximum Gasteiger partial charge on any atom is 0.0982 e. The van der Waals surface area contributed by atoms with Crippen LogP contribution in [0.2, 0.25) is 0 Å². The average molecular weight is 254 g/mol. The van der Waals surface area contributed by atoms with E-state index in [4.69, 9.17) is 10.1 Å². The second-order valence-electron chi connectivity index (χ2n) is 5.82. The van der Waals surface area contributed by atoms with Crippen LogP contribution in [0.5, 0.6) is 0 Å². The third kappa shape index (κ3) is 3.50. The molecule has 0 aliphatic heterocycles. The molecule has 4 heteroatoms. The summed E-state index contributed by atoms with van der Waals surface area (Å²) < 4.78 is 0. The molecule has 3 nitrogen and oxygen atoms in total. The number of hydrogen-bond acceptors (Lipinski definition) is 4. The second kappa shape index (κ2) is 5.04. The molecule has 17 heavy (non-hydrogen) atoms. The third-order valence-corrected chi connectivity index (χ3v) is 4.33. The summed E-state index contributed by atoms with van der Waals surface area (Å²) in [7, 11) is 0. The van der Waals surface area contributed by atoms with Crippen LogP contribution in [0.15, 0.2) is 5.38 Å². The van der Waals surface area contributed by atoms with Crippen LogP contribution < -0.4 is 0 Å². The molecule has 0 radical (unpaired) electrons. The summed E-state index contributed by atoms with van der Waals surface area (Å²) in [5.41, 5.74) is 1.30. The van der Waals surface area contributed by atoms with Gasteiger partial charge in [0.2, 0.25) is 0 Å². The first-order chi connectivity index (χ1) is 8.00. The lowest BCUT2D eigenvalue weighted by molar-refractivity contribution is 0.182. The quantitative estimate of drug-likeness (QED) is 0.876. The van der Waals surface area contributed by atoms with Crippen molar-refractivity contribution in [1.29, 1.82) is 0 Å². The summed E-state index contributed by atoms with van der Waals surface area (Å²) in [5, 5.41) is 12.4. The Bertz CT molecular complexity index is 366. The average Bonchev–Trinajstić information content (AvgIpc) is 2.96. The number of hydrogen-bond donors (Lipinski definition) is 1. The van der Waals surface area contributed by atoms with Crippen molar-refractivity contribution in [3.8, 4) is 0 Å². The lowest BCUT2D eigenvalue weighted by atomic mass is 9.98. The van der Waals surface area contributed by atoms with E-state index in [2.05, 4.69) is 31.1 Å². The van der Waals surface area contributed by atoms with Crippen molar-refractivity contribution in [1.82, 2.24) is 9.88 Å². The van der Waals surface area contributed by atoms with Crippen molar-refractivity contribution < 1.29 is 5.11 Å². The first-order valence-corrected chi connectivity index (χ1v) is 7.18. The van der Waals surface area contributed by atoms with Crippen LogP contribution in [0.25, 0.3) is 0 Å². The van der Waals surface area contributed by atoms with Gasteiger partial charge >= 0.3 is 0 Å². The van der Waals surface area contributed by atoms with E-state index < -0.39 is 0 Å². The van der Waals surface area contributed by atoms with E-state index in [1.165, 1.54) is 17.8 Å². The van der Waals surface area contributed by atoms with Crippen LogP contribution in [0.3, 0.4) is 0 Å². The molecular formula is C13H22N2OS. The van der Waals surface area contributed by atoms with Gasteiger partial charge in [0.1, 0.15) is 0 Å². The molecule has 1 aromatic rings. The van der Waals surface area contributed by atoms with Crippen LogP contribution in [-0.4, -0.2) is 34.2 Å². The molecule has 0 atom stereocenters. The molecule has 1 aromatic heterocycles. The van der Waals surface area contributed by atoms with Gasteiger partial charge in [-0.3, -0.25) is 4.90 Å². The summed E-state index contributed by atoms with van der Waals surface area (Å²) in [6.45, 7) is 8.49. The number of thiazole rings is 1. The molecule has 0 unspecified atom stereocenters. The third-order valence-electron chi connectivity index (χ3n) is 3.01. The largest absolute Gasteiger partial charge is 0.395 e. The fraction of sp³-hybridized carbons (Fsp3) is 0.769. The molecule has 1 heterocycles. The second-order valence-corrected chi connectivity index (χ2v) is 6.68. The summed E-state index contributed by atoms with van der Waals surface area (Å²) >= 11 is 1.75. The van der Waals surface area contributed by atoms with Gasteiger partial charge < -0.3 is 5.11 Å². The molecule has 1 N–H and O–H groups in total. The summed E-state index contributed by atoms with van der Waals surface area (Å²) in [6, 6.07) is 0.682. The molecule has 1 aliphatic carbocycles. The number of nitrogens with zero attached hydrogens (tertiary/aromatic N) is 2. The van der Waals surface area contributed by atoms with Crippen LogP contribution in [0, 0.1) is 0 Å². The lowest BCUT2D eigenvalue weighted by Crippen LogP contribution is -2.28. The van der Waals surface area contributed by atoms with E-state index in [-0.39, 0.29) is 12.0 Å². The zero-order valence-electron chi connectivity index (χ0n) is 10.9. The zero-order chi connectivity index (χ0) is 12.5. The van der Waals surface area contributed by atoms with Gasteiger partial charge in [-0.05, 0) is 12.8 Å². The summed E-state index contributed by atoms with van der Waals surface area (Å²) in [4.78, 5) is 7.06. The molecule has 0 amide bonds.